The van der Waals surface area contributed by atoms with Crippen LogP contribution in [0.2, 0.25) is 0 Å². The molecule has 0 spiro atoms. The molecule has 0 saturated carbocycles. The maximum absolute atomic E-state index is 6.00. The molecule has 0 unspecified atom stereocenters. The number of hydrogen-bond donors (Lipinski definition) is 1. The normalized spacial score (nSPS) is 16.0. The predicted molar refractivity (Wildman–Crippen MR) is 93.9 cm³/mol. The molecule has 0 atom stereocenters. The molecule has 0 aliphatic carbocycles. The molecule has 0 amide bonds. The summed E-state index contributed by atoms with van der Waals surface area (Å²) in [5, 5.41) is 3.41. The molecule has 3 nitrogen and oxygen atoms in total. The second-order valence-corrected chi connectivity index (χ2v) is 6.47. The fourth-order valence-electron chi connectivity index (χ4n) is 3.22. The van der Waals surface area contributed by atoms with Crippen molar-refractivity contribution in [2.24, 2.45) is 0 Å². The molecule has 1 aromatic carbocycles. The first kappa shape index (κ1) is 17.3. The van der Waals surface area contributed by atoms with E-state index in [9.17, 15) is 0 Å². The molecule has 0 bridgehead atoms. The number of nitrogens with one attached hydrogen (secondary N) is 1. The first-order valence-corrected chi connectivity index (χ1v) is 8.86. The summed E-state index contributed by atoms with van der Waals surface area (Å²) in [5.74, 6) is 1.13. The smallest absolute Gasteiger partial charge is 0.125 e. The molecular weight excluding hydrogens is 272 g/mol. The van der Waals surface area contributed by atoms with Crippen LogP contribution in [0.4, 0.5) is 0 Å². The third-order valence-corrected chi connectivity index (χ3v) is 4.33. The fraction of sp³-hybridized carbons (Fsp3) is 0.684. The minimum absolute atomic E-state index is 0.817. The van der Waals surface area contributed by atoms with E-state index in [2.05, 4.69) is 43.1 Å². The van der Waals surface area contributed by atoms with Gasteiger partial charge in [-0.3, -0.25) is 0 Å². The van der Waals surface area contributed by atoms with Crippen LogP contribution in [-0.2, 0) is 6.42 Å². The van der Waals surface area contributed by atoms with Crippen LogP contribution in [0.1, 0.15) is 42.9 Å². The van der Waals surface area contributed by atoms with Gasteiger partial charge in [-0.05, 0) is 57.2 Å². The SMILES string of the molecule is CCCOc1c(C)cc(C)cc1CCCCN1CCNCC1. The molecule has 2 rings (SSSR count). The van der Waals surface area contributed by atoms with E-state index in [1.165, 1.54) is 49.2 Å². The van der Waals surface area contributed by atoms with Crippen molar-refractivity contribution < 1.29 is 4.74 Å². The highest BCUT2D eigenvalue weighted by Gasteiger charge is 2.11. The summed E-state index contributed by atoms with van der Waals surface area (Å²) >= 11 is 0. The molecule has 1 fully saturated rings. The van der Waals surface area contributed by atoms with Crippen molar-refractivity contribution in [3.63, 3.8) is 0 Å². The van der Waals surface area contributed by atoms with E-state index in [-0.39, 0.29) is 0 Å². The maximum Gasteiger partial charge on any atom is 0.125 e. The zero-order valence-electron chi connectivity index (χ0n) is 14.6. The second-order valence-electron chi connectivity index (χ2n) is 6.47. The molecule has 0 aromatic heterocycles. The van der Waals surface area contributed by atoms with E-state index < -0.39 is 0 Å². The molecule has 1 aromatic rings. The Bertz CT molecular complexity index is 453. The number of nitrogens with zero attached hydrogens (tertiary/aromatic N) is 1. The van der Waals surface area contributed by atoms with Gasteiger partial charge in [-0.1, -0.05) is 24.6 Å². The first-order chi connectivity index (χ1) is 10.7. The van der Waals surface area contributed by atoms with Crippen molar-refractivity contribution in [3.05, 3.63) is 28.8 Å². The zero-order valence-corrected chi connectivity index (χ0v) is 14.6. The highest BCUT2D eigenvalue weighted by molar-refractivity contribution is 5.44. The van der Waals surface area contributed by atoms with E-state index in [1.807, 2.05) is 0 Å². The van der Waals surface area contributed by atoms with Gasteiger partial charge in [-0.25, -0.2) is 0 Å². The molecule has 3 heteroatoms. The number of piperazine rings is 1. The molecule has 1 aliphatic rings. The summed E-state index contributed by atoms with van der Waals surface area (Å²) in [5.41, 5.74) is 4.02. The first-order valence-electron chi connectivity index (χ1n) is 8.86. The van der Waals surface area contributed by atoms with Crippen molar-refractivity contribution >= 4 is 0 Å². The Balaban J connectivity index is 1.85. The largest absolute Gasteiger partial charge is 0.493 e. The van der Waals surface area contributed by atoms with Crippen molar-refractivity contribution in [2.75, 3.05) is 39.3 Å². The van der Waals surface area contributed by atoms with Gasteiger partial charge < -0.3 is 15.0 Å². The Labute approximate surface area is 136 Å². The van der Waals surface area contributed by atoms with Gasteiger partial charge in [0.2, 0.25) is 0 Å². The predicted octanol–water partition coefficient (Wildman–Crippen LogP) is 3.32. The lowest BCUT2D eigenvalue weighted by atomic mass is 10.0. The van der Waals surface area contributed by atoms with Gasteiger partial charge in [0.15, 0.2) is 0 Å². The van der Waals surface area contributed by atoms with Gasteiger partial charge in [-0.2, -0.15) is 0 Å². The van der Waals surface area contributed by atoms with Crippen LogP contribution >= 0.6 is 0 Å². The Hall–Kier alpha value is -1.06. The zero-order chi connectivity index (χ0) is 15.8. The molecule has 0 radical (unpaired) electrons. The number of benzene rings is 1. The van der Waals surface area contributed by atoms with Crippen molar-refractivity contribution in [2.45, 2.75) is 46.5 Å². The van der Waals surface area contributed by atoms with Gasteiger partial charge in [0.05, 0.1) is 6.61 Å². The Kier molecular flexibility index (Phi) is 7.20. The number of hydrogen-bond acceptors (Lipinski definition) is 3. The number of ether oxygens (including phenoxy) is 1. The van der Waals surface area contributed by atoms with Crippen LogP contribution in [0.25, 0.3) is 0 Å². The van der Waals surface area contributed by atoms with Crippen LogP contribution < -0.4 is 10.1 Å². The standard InChI is InChI=1S/C19H32N2O/c1-4-13-22-19-17(3)14-16(2)15-18(19)7-5-6-10-21-11-8-20-9-12-21/h14-15,20H,4-13H2,1-3H3. The van der Waals surface area contributed by atoms with Crippen LogP contribution in [-0.4, -0.2) is 44.2 Å². The quantitative estimate of drug-likeness (QED) is 0.746. The highest BCUT2D eigenvalue weighted by Crippen LogP contribution is 2.27. The van der Waals surface area contributed by atoms with Crippen LogP contribution in [0, 0.1) is 13.8 Å². The lowest BCUT2D eigenvalue weighted by Crippen LogP contribution is -2.43. The fourth-order valence-corrected chi connectivity index (χ4v) is 3.22. The van der Waals surface area contributed by atoms with Gasteiger partial charge >= 0.3 is 0 Å². The molecule has 1 N–H and O–H groups in total. The van der Waals surface area contributed by atoms with Crippen LogP contribution in [0.5, 0.6) is 5.75 Å². The van der Waals surface area contributed by atoms with E-state index in [1.54, 1.807) is 0 Å². The lowest BCUT2D eigenvalue weighted by molar-refractivity contribution is 0.236. The minimum Gasteiger partial charge on any atom is -0.493 e. The summed E-state index contributed by atoms with van der Waals surface area (Å²) in [7, 11) is 0. The summed E-state index contributed by atoms with van der Waals surface area (Å²) in [6, 6.07) is 4.54. The maximum atomic E-state index is 6.00. The number of unbranched alkanes of at least 4 members (excludes halogenated alkanes) is 1. The van der Waals surface area contributed by atoms with E-state index in [0.29, 0.717) is 0 Å². The van der Waals surface area contributed by atoms with Gasteiger partial charge in [0, 0.05) is 26.2 Å². The van der Waals surface area contributed by atoms with Gasteiger partial charge in [0.25, 0.3) is 0 Å². The van der Waals surface area contributed by atoms with E-state index in [0.717, 1.165) is 38.3 Å². The average Bonchev–Trinajstić information content (AvgIpc) is 2.51. The summed E-state index contributed by atoms with van der Waals surface area (Å²) in [4.78, 5) is 2.58. The van der Waals surface area contributed by atoms with Gasteiger partial charge in [0.1, 0.15) is 5.75 Å². The second kappa shape index (κ2) is 9.16. The molecule has 1 aliphatic heterocycles. The topological polar surface area (TPSA) is 24.5 Å². The van der Waals surface area contributed by atoms with Crippen LogP contribution in [0.15, 0.2) is 12.1 Å². The highest BCUT2D eigenvalue weighted by atomic mass is 16.5. The van der Waals surface area contributed by atoms with Crippen molar-refractivity contribution in [1.82, 2.24) is 10.2 Å². The Morgan fingerprint density at radius 2 is 1.91 bits per heavy atom. The number of aryl methyl sites for hydroxylation is 3. The van der Waals surface area contributed by atoms with Crippen molar-refractivity contribution in [3.8, 4) is 5.75 Å². The molecule has 1 heterocycles. The third kappa shape index (κ3) is 5.29. The Morgan fingerprint density at radius 3 is 2.64 bits per heavy atom. The van der Waals surface area contributed by atoms with Crippen LogP contribution in [0.3, 0.4) is 0 Å². The summed E-state index contributed by atoms with van der Waals surface area (Å²) < 4.78 is 6.00. The average molecular weight is 304 g/mol. The van der Waals surface area contributed by atoms with E-state index in [4.69, 9.17) is 4.74 Å². The molecular formula is C19H32N2O. The van der Waals surface area contributed by atoms with Gasteiger partial charge in [-0.15, -0.1) is 0 Å². The van der Waals surface area contributed by atoms with Crippen molar-refractivity contribution in [1.29, 1.82) is 0 Å². The number of rotatable bonds is 8. The minimum atomic E-state index is 0.817. The lowest BCUT2D eigenvalue weighted by Gasteiger charge is -2.27. The third-order valence-electron chi connectivity index (χ3n) is 4.33. The summed E-state index contributed by atoms with van der Waals surface area (Å²) in [6.07, 6.45) is 4.72. The monoisotopic (exact) mass is 304 g/mol. The summed E-state index contributed by atoms with van der Waals surface area (Å²) in [6.45, 7) is 13.3. The molecule has 1 saturated heterocycles. The molecule has 124 valence electrons. The Morgan fingerprint density at radius 1 is 1.14 bits per heavy atom. The van der Waals surface area contributed by atoms with E-state index >= 15 is 0 Å². The molecule has 22 heavy (non-hydrogen) atoms.